The molecule has 1 aromatic carbocycles. The Labute approximate surface area is 158 Å². The van der Waals surface area contributed by atoms with Crippen LogP contribution in [0.1, 0.15) is 28.5 Å². The van der Waals surface area contributed by atoms with Gasteiger partial charge in [-0.1, -0.05) is 29.3 Å². The Morgan fingerprint density at radius 2 is 1.85 bits per heavy atom. The molecule has 0 atom stereocenters. The minimum absolute atomic E-state index is 0.150. The van der Waals surface area contributed by atoms with Crippen LogP contribution in [0.15, 0.2) is 32.2 Å². The summed E-state index contributed by atoms with van der Waals surface area (Å²) in [6.45, 7) is 0. The van der Waals surface area contributed by atoms with Gasteiger partial charge in [-0.2, -0.15) is 13.2 Å². The molecule has 0 spiro atoms. The normalized spacial score (nSPS) is 11.7. The molecular weight excluding hydrogens is 412 g/mol. The molecule has 12 heteroatoms. The number of nitrogens with one attached hydrogen (secondary N) is 2. The van der Waals surface area contributed by atoms with Gasteiger partial charge in [-0.05, 0) is 17.7 Å². The third-order valence-electron chi connectivity index (χ3n) is 3.50. The Hall–Kier alpha value is -2.59. The zero-order chi connectivity index (χ0) is 19.8. The predicted molar refractivity (Wildman–Crippen MR) is 89.1 cm³/mol. The van der Waals surface area contributed by atoms with Gasteiger partial charge in [-0.25, -0.2) is 14.9 Å². The van der Waals surface area contributed by atoms with E-state index in [4.69, 9.17) is 23.2 Å². The molecule has 0 saturated heterocycles. The SMILES string of the molecule is O=c1[nH]nc(Cc2nc(C(F)(F)F)c(Cc3ccc(Cl)c(Cl)c3)c(=O)[nH]2)o1. The van der Waals surface area contributed by atoms with Crippen LogP contribution in [-0.4, -0.2) is 20.2 Å². The lowest BCUT2D eigenvalue weighted by Gasteiger charge is -2.13. The number of rotatable bonds is 4. The first-order valence-corrected chi connectivity index (χ1v) is 8.06. The molecule has 0 unspecified atom stereocenters. The number of nitrogens with zero attached hydrogens (tertiary/aromatic N) is 2. The molecule has 2 heterocycles. The van der Waals surface area contributed by atoms with Crippen molar-refractivity contribution in [3.8, 4) is 0 Å². The van der Waals surface area contributed by atoms with E-state index in [0.717, 1.165) is 0 Å². The first-order chi connectivity index (χ1) is 12.6. The Morgan fingerprint density at radius 3 is 2.44 bits per heavy atom. The minimum Gasteiger partial charge on any atom is -0.392 e. The molecule has 142 valence electrons. The van der Waals surface area contributed by atoms with Gasteiger partial charge >= 0.3 is 11.9 Å². The van der Waals surface area contributed by atoms with E-state index in [2.05, 4.69) is 19.5 Å². The summed E-state index contributed by atoms with van der Waals surface area (Å²) in [4.78, 5) is 28.9. The standard InChI is InChI=1S/C15H9Cl2F3N4O3/c16-8-2-1-6(4-9(8)17)3-7-12(15(18,19)20)21-10(22-13(7)25)5-11-23-24-14(26)27-11/h1-2,4H,3,5H2,(H,24,26)(H,21,22,25). The Bertz CT molecular complexity index is 1100. The monoisotopic (exact) mass is 420 g/mol. The van der Waals surface area contributed by atoms with E-state index in [1.165, 1.54) is 18.2 Å². The summed E-state index contributed by atoms with van der Waals surface area (Å²) in [5, 5.41) is 5.82. The maximum atomic E-state index is 13.4. The van der Waals surface area contributed by atoms with Gasteiger partial charge in [0.25, 0.3) is 5.56 Å². The highest BCUT2D eigenvalue weighted by Crippen LogP contribution is 2.31. The highest BCUT2D eigenvalue weighted by atomic mass is 35.5. The van der Waals surface area contributed by atoms with Gasteiger partial charge < -0.3 is 9.40 Å². The second-order valence-electron chi connectivity index (χ2n) is 5.45. The largest absolute Gasteiger partial charge is 0.434 e. The maximum Gasteiger partial charge on any atom is 0.434 e. The first kappa shape index (κ1) is 19.2. The van der Waals surface area contributed by atoms with Crippen molar-refractivity contribution < 1.29 is 17.6 Å². The van der Waals surface area contributed by atoms with Crippen LogP contribution in [0.5, 0.6) is 0 Å². The number of halogens is 5. The molecule has 0 fully saturated rings. The van der Waals surface area contributed by atoms with Crippen molar-refractivity contribution in [3.63, 3.8) is 0 Å². The van der Waals surface area contributed by atoms with Crippen molar-refractivity contribution in [1.82, 2.24) is 20.2 Å². The average molecular weight is 421 g/mol. The summed E-state index contributed by atoms with van der Waals surface area (Å²) >= 11 is 11.7. The van der Waals surface area contributed by atoms with Crippen molar-refractivity contribution in [2.75, 3.05) is 0 Å². The predicted octanol–water partition coefficient (Wildman–Crippen LogP) is 2.95. The summed E-state index contributed by atoms with van der Waals surface area (Å²) in [6.07, 6.45) is -5.63. The Balaban J connectivity index is 2.03. The van der Waals surface area contributed by atoms with Crippen LogP contribution >= 0.6 is 23.2 Å². The minimum atomic E-state index is -4.87. The summed E-state index contributed by atoms with van der Waals surface area (Å²) < 4.78 is 44.9. The van der Waals surface area contributed by atoms with Crippen LogP contribution in [0.2, 0.25) is 10.0 Å². The van der Waals surface area contributed by atoms with Gasteiger partial charge in [0, 0.05) is 6.42 Å². The maximum absolute atomic E-state index is 13.4. The van der Waals surface area contributed by atoms with Gasteiger partial charge in [0.05, 0.1) is 22.0 Å². The van der Waals surface area contributed by atoms with E-state index in [0.29, 0.717) is 5.56 Å². The number of hydrogen-bond donors (Lipinski definition) is 2. The quantitative estimate of drug-likeness (QED) is 0.674. The molecule has 0 saturated carbocycles. The zero-order valence-electron chi connectivity index (χ0n) is 13.2. The molecular formula is C15H9Cl2F3N4O3. The van der Waals surface area contributed by atoms with Crippen LogP contribution in [-0.2, 0) is 19.0 Å². The van der Waals surface area contributed by atoms with Crippen LogP contribution in [0.25, 0.3) is 0 Å². The summed E-state index contributed by atoms with van der Waals surface area (Å²) in [5.74, 6) is -1.44. The lowest BCUT2D eigenvalue weighted by molar-refractivity contribution is -0.142. The van der Waals surface area contributed by atoms with E-state index in [9.17, 15) is 22.8 Å². The number of benzene rings is 1. The molecule has 0 radical (unpaired) electrons. The lowest BCUT2D eigenvalue weighted by atomic mass is 10.0. The fourth-order valence-corrected chi connectivity index (χ4v) is 2.68. The molecule has 0 aliphatic rings. The Morgan fingerprint density at radius 1 is 1.11 bits per heavy atom. The van der Waals surface area contributed by atoms with E-state index >= 15 is 0 Å². The Kier molecular flexibility index (Phi) is 5.11. The third kappa shape index (κ3) is 4.40. The van der Waals surface area contributed by atoms with Crippen LogP contribution in [0, 0.1) is 0 Å². The molecule has 0 bridgehead atoms. The molecule has 7 nitrogen and oxygen atoms in total. The number of H-pyrrole nitrogens is 2. The van der Waals surface area contributed by atoms with Crippen LogP contribution < -0.4 is 11.3 Å². The van der Waals surface area contributed by atoms with Gasteiger partial charge in [-0.3, -0.25) is 4.79 Å². The molecule has 0 aliphatic heterocycles. The second kappa shape index (κ2) is 7.20. The van der Waals surface area contributed by atoms with Crippen molar-refractivity contribution in [2.45, 2.75) is 19.0 Å². The lowest BCUT2D eigenvalue weighted by Crippen LogP contribution is -2.25. The van der Waals surface area contributed by atoms with Crippen molar-refractivity contribution in [2.24, 2.45) is 0 Å². The van der Waals surface area contributed by atoms with Gasteiger partial charge in [0.15, 0.2) is 5.69 Å². The number of aromatic amines is 2. The van der Waals surface area contributed by atoms with Gasteiger partial charge in [0.1, 0.15) is 5.82 Å². The van der Waals surface area contributed by atoms with E-state index in [-0.39, 0.29) is 28.2 Å². The van der Waals surface area contributed by atoms with Gasteiger partial charge in [0.2, 0.25) is 5.89 Å². The molecule has 3 rings (SSSR count). The zero-order valence-corrected chi connectivity index (χ0v) is 14.7. The highest BCUT2D eigenvalue weighted by Gasteiger charge is 2.37. The second-order valence-corrected chi connectivity index (χ2v) is 6.26. The third-order valence-corrected chi connectivity index (χ3v) is 4.24. The molecule has 0 amide bonds. The van der Waals surface area contributed by atoms with Crippen molar-refractivity contribution in [3.05, 3.63) is 77.7 Å². The van der Waals surface area contributed by atoms with E-state index in [1.54, 1.807) is 0 Å². The average Bonchev–Trinajstić information content (AvgIpc) is 2.97. The topological polar surface area (TPSA) is 105 Å². The van der Waals surface area contributed by atoms with Crippen molar-refractivity contribution >= 4 is 23.2 Å². The molecule has 3 aromatic rings. The summed E-state index contributed by atoms with van der Waals surface area (Å²) in [5.41, 5.74) is -2.54. The fourth-order valence-electron chi connectivity index (χ4n) is 2.36. The fraction of sp³-hybridized carbons (Fsp3) is 0.200. The molecule has 27 heavy (non-hydrogen) atoms. The van der Waals surface area contributed by atoms with E-state index < -0.39 is 35.2 Å². The van der Waals surface area contributed by atoms with Crippen molar-refractivity contribution in [1.29, 1.82) is 0 Å². The molecule has 2 N–H and O–H groups in total. The smallest absolute Gasteiger partial charge is 0.392 e. The number of alkyl halides is 3. The molecule has 2 aromatic heterocycles. The summed E-state index contributed by atoms with van der Waals surface area (Å²) in [6, 6.07) is 4.25. The molecule has 0 aliphatic carbocycles. The van der Waals surface area contributed by atoms with Crippen LogP contribution in [0.3, 0.4) is 0 Å². The van der Waals surface area contributed by atoms with E-state index in [1.807, 2.05) is 5.10 Å². The first-order valence-electron chi connectivity index (χ1n) is 7.31. The highest BCUT2D eigenvalue weighted by molar-refractivity contribution is 6.42. The van der Waals surface area contributed by atoms with Gasteiger partial charge in [-0.15, -0.1) is 5.10 Å². The number of hydrogen-bond acceptors (Lipinski definition) is 5. The summed E-state index contributed by atoms with van der Waals surface area (Å²) in [7, 11) is 0. The number of aromatic nitrogens is 4. The van der Waals surface area contributed by atoms with Crippen LogP contribution in [0.4, 0.5) is 13.2 Å².